The van der Waals surface area contributed by atoms with Crippen LogP contribution in [0.15, 0.2) is 24.3 Å². The molecule has 2 N–H and O–H groups in total. The van der Waals surface area contributed by atoms with E-state index in [0.717, 1.165) is 0 Å². The van der Waals surface area contributed by atoms with Gasteiger partial charge < -0.3 is 10.6 Å². The normalized spacial score (nSPS) is 11.7. The number of benzene rings is 1. The minimum absolute atomic E-state index is 0.164. The predicted molar refractivity (Wildman–Crippen MR) is 69.0 cm³/mol. The largest absolute Gasteiger partial charge is 0.356 e. The minimum Gasteiger partial charge on any atom is -0.356 e. The van der Waals surface area contributed by atoms with Gasteiger partial charge in [-0.1, -0.05) is 25.1 Å². The van der Waals surface area contributed by atoms with Crippen LogP contribution in [0, 0.1) is 5.82 Å². The van der Waals surface area contributed by atoms with Gasteiger partial charge in [-0.3, -0.25) is 4.79 Å². The molecule has 1 aromatic carbocycles. The number of carbonyl (C=O) groups excluding carboxylic acids is 1. The fourth-order valence-electron chi connectivity index (χ4n) is 1.35. The molecule has 0 fully saturated rings. The van der Waals surface area contributed by atoms with Gasteiger partial charge in [-0.2, -0.15) is 0 Å². The molecule has 3 nitrogen and oxygen atoms in total. The SMILES string of the molecule is CCC(=O)NC(=S)N[C@@H](C)c1ccccc1F. The molecule has 0 unspecified atom stereocenters. The first-order chi connectivity index (χ1) is 8.04. The average molecular weight is 254 g/mol. The van der Waals surface area contributed by atoms with Gasteiger partial charge in [0, 0.05) is 12.0 Å². The van der Waals surface area contributed by atoms with Crippen molar-refractivity contribution in [2.45, 2.75) is 26.3 Å². The molecule has 0 heterocycles. The first-order valence-corrected chi connectivity index (χ1v) is 5.80. The van der Waals surface area contributed by atoms with Crippen LogP contribution in [-0.2, 0) is 4.79 Å². The zero-order chi connectivity index (χ0) is 12.8. The summed E-state index contributed by atoms with van der Waals surface area (Å²) in [6.45, 7) is 3.51. The monoisotopic (exact) mass is 254 g/mol. The number of hydrogen-bond donors (Lipinski definition) is 2. The van der Waals surface area contributed by atoms with E-state index in [1.54, 1.807) is 32.0 Å². The molecule has 0 saturated heterocycles. The van der Waals surface area contributed by atoms with Crippen molar-refractivity contribution in [3.05, 3.63) is 35.6 Å². The number of amides is 1. The highest BCUT2D eigenvalue weighted by atomic mass is 32.1. The molecule has 0 saturated carbocycles. The standard InChI is InChI=1S/C12H15FN2OS/c1-3-11(16)15-12(17)14-8(2)9-6-4-5-7-10(9)13/h4-8H,3H2,1-2H3,(H2,14,15,16,17)/t8-/m0/s1. The van der Waals surface area contributed by atoms with Crippen molar-refractivity contribution < 1.29 is 9.18 Å². The van der Waals surface area contributed by atoms with E-state index < -0.39 is 0 Å². The maximum absolute atomic E-state index is 13.4. The van der Waals surface area contributed by atoms with Crippen molar-refractivity contribution in [3.8, 4) is 0 Å². The van der Waals surface area contributed by atoms with Crippen molar-refractivity contribution in [1.29, 1.82) is 0 Å². The van der Waals surface area contributed by atoms with Crippen LogP contribution in [0.5, 0.6) is 0 Å². The molecule has 17 heavy (non-hydrogen) atoms. The molecule has 0 aliphatic heterocycles. The number of nitrogens with one attached hydrogen (secondary N) is 2. The van der Waals surface area contributed by atoms with Gasteiger partial charge in [-0.15, -0.1) is 0 Å². The van der Waals surface area contributed by atoms with Crippen molar-refractivity contribution in [3.63, 3.8) is 0 Å². The van der Waals surface area contributed by atoms with Gasteiger partial charge in [-0.25, -0.2) is 4.39 Å². The van der Waals surface area contributed by atoms with E-state index in [1.807, 2.05) is 0 Å². The van der Waals surface area contributed by atoms with E-state index in [2.05, 4.69) is 10.6 Å². The van der Waals surface area contributed by atoms with E-state index in [0.29, 0.717) is 12.0 Å². The Labute approximate surface area is 105 Å². The first kappa shape index (κ1) is 13.6. The fourth-order valence-corrected chi connectivity index (χ4v) is 1.64. The Morgan fingerprint density at radius 2 is 2.12 bits per heavy atom. The Kier molecular flexibility index (Phi) is 5.03. The second-order valence-electron chi connectivity index (χ2n) is 3.62. The lowest BCUT2D eigenvalue weighted by molar-refractivity contribution is -0.119. The van der Waals surface area contributed by atoms with E-state index in [4.69, 9.17) is 12.2 Å². The topological polar surface area (TPSA) is 41.1 Å². The van der Waals surface area contributed by atoms with Crippen LogP contribution in [0.3, 0.4) is 0 Å². The molecule has 92 valence electrons. The number of halogens is 1. The first-order valence-electron chi connectivity index (χ1n) is 5.39. The van der Waals surface area contributed by atoms with Gasteiger partial charge in [0.05, 0.1) is 6.04 Å². The van der Waals surface area contributed by atoms with Crippen molar-refractivity contribution in [1.82, 2.24) is 10.6 Å². The molecule has 5 heteroatoms. The van der Waals surface area contributed by atoms with Crippen LogP contribution in [0.25, 0.3) is 0 Å². The summed E-state index contributed by atoms with van der Waals surface area (Å²) in [7, 11) is 0. The number of rotatable bonds is 3. The second kappa shape index (κ2) is 6.30. The van der Waals surface area contributed by atoms with Crippen LogP contribution in [0.1, 0.15) is 31.9 Å². The highest BCUT2D eigenvalue weighted by Gasteiger charge is 2.11. The van der Waals surface area contributed by atoms with Crippen LogP contribution in [0.4, 0.5) is 4.39 Å². The second-order valence-corrected chi connectivity index (χ2v) is 4.03. The summed E-state index contributed by atoms with van der Waals surface area (Å²) in [5.74, 6) is -0.458. The number of thiocarbonyl (C=S) groups is 1. The molecular weight excluding hydrogens is 239 g/mol. The lowest BCUT2D eigenvalue weighted by Gasteiger charge is -2.17. The molecule has 0 aliphatic rings. The fraction of sp³-hybridized carbons (Fsp3) is 0.333. The molecule has 0 bridgehead atoms. The van der Waals surface area contributed by atoms with Gasteiger partial charge >= 0.3 is 0 Å². The van der Waals surface area contributed by atoms with Crippen LogP contribution in [0.2, 0.25) is 0 Å². The maximum atomic E-state index is 13.4. The zero-order valence-corrected chi connectivity index (χ0v) is 10.6. The molecule has 1 rings (SSSR count). The summed E-state index contributed by atoms with van der Waals surface area (Å²) < 4.78 is 13.4. The van der Waals surface area contributed by atoms with Gasteiger partial charge in [0.1, 0.15) is 5.82 Å². The molecule has 0 spiro atoms. The lowest BCUT2D eigenvalue weighted by atomic mass is 10.1. The summed E-state index contributed by atoms with van der Waals surface area (Å²) in [5.41, 5.74) is 0.514. The summed E-state index contributed by atoms with van der Waals surface area (Å²) in [6, 6.07) is 6.16. The van der Waals surface area contributed by atoms with E-state index in [-0.39, 0.29) is 22.9 Å². The van der Waals surface area contributed by atoms with Crippen LogP contribution in [-0.4, -0.2) is 11.0 Å². The van der Waals surface area contributed by atoms with Crippen molar-refractivity contribution in [2.75, 3.05) is 0 Å². The van der Waals surface area contributed by atoms with Gasteiger partial charge in [0.25, 0.3) is 0 Å². The molecular formula is C12H15FN2OS. The van der Waals surface area contributed by atoms with Crippen LogP contribution >= 0.6 is 12.2 Å². The molecule has 0 aromatic heterocycles. The van der Waals surface area contributed by atoms with E-state index in [1.165, 1.54) is 6.07 Å². The third-order valence-corrected chi connectivity index (χ3v) is 2.51. The Bertz CT molecular complexity index is 423. The molecule has 1 aromatic rings. The summed E-state index contributed by atoms with van der Waals surface area (Å²) >= 11 is 4.95. The number of hydrogen-bond acceptors (Lipinski definition) is 2. The van der Waals surface area contributed by atoms with Crippen LogP contribution < -0.4 is 10.6 Å². The van der Waals surface area contributed by atoms with Crippen molar-refractivity contribution >= 4 is 23.2 Å². The third-order valence-electron chi connectivity index (χ3n) is 2.29. The summed E-state index contributed by atoms with van der Waals surface area (Å²) in [5, 5.41) is 5.59. The maximum Gasteiger partial charge on any atom is 0.225 e. The minimum atomic E-state index is -0.294. The van der Waals surface area contributed by atoms with Gasteiger partial charge in [0.15, 0.2) is 5.11 Å². The van der Waals surface area contributed by atoms with Crippen molar-refractivity contribution in [2.24, 2.45) is 0 Å². The van der Waals surface area contributed by atoms with Gasteiger partial charge in [0.2, 0.25) is 5.91 Å². The Hall–Kier alpha value is -1.49. The third kappa shape index (κ3) is 4.11. The molecule has 1 amide bonds. The number of carbonyl (C=O) groups is 1. The average Bonchev–Trinajstić information content (AvgIpc) is 2.29. The molecule has 0 radical (unpaired) electrons. The Morgan fingerprint density at radius 1 is 1.47 bits per heavy atom. The highest BCUT2D eigenvalue weighted by molar-refractivity contribution is 7.80. The van der Waals surface area contributed by atoms with E-state index in [9.17, 15) is 9.18 Å². The zero-order valence-electron chi connectivity index (χ0n) is 9.79. The van der Waals surface area contributed by atoms with E-state index >= 15 is 0 Å². The Balaban J connectivity index is 2.61. The van der Waals surface area contributed by atoms with Gasteiger partial charge in [-0.05, 0) is 25.2 Å². The Morgan fingerprint density at radius 3 is 2.71 bits per heavy atom. The summed E-state index contributed by atoms with van der Waals surface area (Å²) in [4.78, 5) is 11.1. The predicted octanol–water partition coefficient (Wildman–Crippen LogP) is 2.29. The summed E-state index contributed by atoms with van der Waals surface area (Å²) in [6.07, 6.45) is 0.357. The molecule has 1 atom stereocenters. The smallest absolute Gasteiger partial charge is 0.225 e. The highest BCUT2D eigenvalue weighted by Crippen LogP contribution is 2.15. The quantitative estimate of drug-likeness (QED) is 0.813. The molecule has 0 aliphatic carbocycles. The lowest BCUT2D eigenvalue weighted by Crippen LogP contribution is -2.40.